The maximum absolute atomic E-state index is 10.8. The number of hydrogen-bond donors (Lipinski definition) is 2. The number of amides is 1. The van der Waals surface area contributed by atoms with Crippen molar-refractivity contribution in [3.63, 3.8) is 0 Å². The molecule has 2 aliphatic carbocycles. The minimum atomic E-state index is -0.680. The van der Waals surface area contributed by atoms with Crippen LogP contribution in [-0.4, -0.2) is 23.0 Å². The molecule has 4 atom stereocenters. The summed E-state index contributed by atoms with van der Waals surface area (Å²) in [5.41, 5.74) is 0. The van der Waals surface area contributed by atoms with Gasteiger partial charge < -0.3 is 10.4 Å². The Balaban J connectivity index is 1.89. The number of nitrogens with one attached hydrogen (secondary N) is 1. The summed E-state index contributed by atoms with van der Waals surface area (Å²) in [7, 11) is 0. The predicted molar refractivity (Wildman–Crippen MR) is 49.6 cm³/mol. The van der Waals surface area contributed by atoms with Crippen LogP contribution in [0, 0.1) is 17.8 Å². The molecule has 2 aliphatic rings. The Labute approximate surface area is 82.7 Å². The van der Waals surface area contributed by atoms with Crippen molar-refractivity contribution in [2.45, 2.75) is 32.2 Å². The lowest BCUT2D eigenvalue weighted by Gasteiger charge is -2.40. The number of carboxylic acid groups (broad SMARTS) is 1. The Morgan fingerprint density at radius 3 is 2.57 bits per heavy atom. The second kappa shape index (κ2) is 3.26. The number of fused-ring (bicyclic) bond motifs is 1. The topological polar surface area (TPSA) is 66.4 Å². The average Bonchev–Trinajstić information content (AvgIpc) is 2.39. The third-order valence-electron chi connectivity index (χ3n) is 3.56. The van der Waals surface area contributed by atoms with Crippen molar-refractivity contribution in [3.8, 4) is 0 Å². The van der Waals surface area contributed by atoms with E-state index in [1.165, 1.54) is 6.92 Å². The van der Waals surface area contributed by atoms with Crippen LogP contribution in [0.1, 0.15) is 26.2 Å². The summed E-state index contributed by atoms with van der Waals surface area (Å²) >= 11 is 0. The summed E-state index contributed by atoms with van der Waals surface area (Å²) < 4.78 is 0. The monoisotopic (exact) mass is 197 g/mol. The fraction of sp³-hybridized carbons (Fsp3) is 0.800. The van der Waals surface area contributed by atoms with Crippen LogP contribution in [0.15, 0.2) is 0 Å². The van der Waals surface area contributed by atoms with E-state index in [0.29, 0.717) is 11.8 Å². The van der Waals surface area contributed by atoms with Crippen molar-refractivity contribution in [2.75, 3.05) is 0 Å². The van der Waals surface area contributed by atoms with Gasteiger partial charge in [-0.05, 0) is 31.1 Å². The number of carbonyl (C=O) groups is 2. The average molecular weight is 197 g/mol. The Hall–Kier alpha value is -1.06. The number of carboxylic acids is 1. The largest absolute Gasteiger partial charge is 0.481 e. The highest BCUT2D eigenvalue weighted by Gasteiger charge is 2.49. The van der Waals surface area contributed by atoms with Crippen molar-refractivity contribution in [1.82, 2.24) is 5.32 Å². The molecule has 78 valence electrons. The fourth-order valence-electron chi connectivity index (χ4n) is 2.86. The van der Waals surface area contributed by atoms with Crippen molar-refractivity contribution in [1.29, 1.82) is 0 Å². The zero-order valence-corrected chi connectivity index (χ0v) is 8.19. The molecular formula is C10H15NO3. The zero-order valence-electron chi connectivity index (χ0n) is 8.19. The van der Waals surface area contributed by atoms with Gasteiger partial charge in [-0.1, -0.05) is 0 Å². The molecule has 0 spiro atoms. The lowest BCUT2D eigenvalue weighted by atomic mass is 9.71. The van der Waals surface area contributed by atoms with Crippen LogP contribution in [0.3, 0.4) is 0 Å². The third-order valence-corrected chi connectivity index (χ3v) is 3.56. The van der Waals surface area contributed by atoms with Crippen LogP contribution in [0.25, 0.3) is 0 Å². The second-order valence-electron chi connectivity index (χ2n) is 4.47. The lowest BCUT2D eigenvalue weighted by Crippen LogP contribution is -2.49. The molecule has 0 bridgehead atoms. The molecule has 2 N–H and O–H groups in total. The van der Waals surface area contributed by atoms with E-state index in [1.54, 1.807) is 0 Å². The van der Waals surface area contributed by atoms with Crippen molar-refractivity contribution in [2.24, 2.45) is 17.8 Å². The Morgan fingerprint density at radius 1 is 1.29 bits per heavy atom. The maximum atomic E-state index is 10.8. The van der Waals surface area contributed by atoms with E-state index >= 15 is 0 Å². The number of rotatable bonds is 2. The van der Waals surface area contributed by atoms with Gasteiger partial charge in [0.25, 0.3) is 0 Å². The van der Waals surface area contributed by atoms with Crippen molar-refractivity contribution >= 4 is 11.9 Å². The Morgan fingerprint density at radius 2 is 2.00 bits per heavy atom. The molecule has 14 heavy (non-hydrogen) atoms. The van der Waals surface area contributed by atoms with Gasteiger partial charge in [0.15, 0.2) is 0 Å². The molecule has 1 amide bonds. The first-order valence-corrected chi connectivity index (χ1v) is 5.08. The van der Waals surface area contributed by atoms with Gasteiger partial charge >= 0.3 is 5.97 Å². The number of aliphatic carboxylic acids is 1. The summed E-state index contributed by atoms with van der Waals surface area (Å²) in [4.78, 5) is 21.6. The van der Waals surface area contributed by atoms with E-state index in [4.69, 9.17) is 5.11 Å². The molecule has 0 aromatic rings. The molecule has 4 nitrogen and oxygen atoms in total. The van der Waals surface area contributed by atoms with E-state index in [2.05, 4.69) is 5.32 Å². The van der Waals surface area contributed by atoms with Crippen LogP contribution < -0.4 is 5.32 Å². The first kappa shape index (κ1) is 9.49. The maximum Gasteiger partial charge on any atom is 0.306 e. The van der Waals surface area contributed by atoms with Crippen LogP contribution in [0.2, 0.25) is 0 Å². The summed E-state index contributed by atoms with van der Waals surface area (Å²) in [5.74, 6) is 0.0879. The molecule has 4 unspecified atom stereocenters. The molecule has 0 heterocycles. The smallest absolute Gasteiger partial charge is 0.306 e. The zero-order chi connectivity index (χ0) is 10.3. The highest BCUT2D eigenvalue weighted by atomic mass is 16.4. The standard InChI is InChI=1S/C10H15NO3/c1-5(12)11-9-4-6-2-7(10(13)14)3-8(6)9/h6-9H,2-4H2,1H3,(H,11,12)(H,13,14). The van der Waals surface area contributed by atoms with E-state index in [9.17, 15) is 9.59 Å². The van der Waals surface area contributed by atoms with Crippen LogP contribution in [-0.2, 0) is 9.59 Å². The molecule has 2 rings (SSSR count). The van der Waals surface area contributed by atoms with E-state index < -0.39 is 5.97 Å². The molecule has 2 saturated carbocycles. The molecule has 0 aliphatic heterocycles. The highest BCUT2D eigenvalue weighted by Crippen LogP contribution is 2.49. The van der Waals surface area contributed by atoms with Gasteiger partial charge in [-0.25, -0.2) is 0 Å². The van der Waals surface area contributed by atoms with Gasteiger partial charge in [-0.2, -0.15) is 0 Å². The molecule has 0 radical (unpaired) electrons. The van der Waals surface area contributed by atoms with Gasteiger partial charge in [-0.15, -0.1) is 0 Å². The quantitative estimate of drug-likeness (QED) is 0.682. The summed E-state index contributed by atoms with van der Waals surface area (Å²) in [6, 6.07) is 0.238. The normalized spacial score (nSPS) is 39.8. The van der Waals surface area contributed by atoms with Gasteiger partial charge in [0, 0.05) is 13.0 Å². The molecule has 2 fully saturated rings. The van der Waals surface area contributed by atoms with Gasteiger partial charge in [0.1, 0.15) is 0 Å². The number of hydrogen-bond acceptors (Lipinski definition) is 2. The first-order chi connectivity index (χ1) is 6.58. The van der Waals surface area contributed by atoms with Gasteiger partial charge in [0.2, 0.25) is 5.91 Å². The van der Waals surface area contributed by atoms with Crippen LogP contribution >= 0.6 is 0 Å². The Kier molecular flexibility index (Phi) is 2.21. The SMILES string of the molecule is CC(=O)NC1CC2CC(C(=O)O)CC21. The third kappa shape index (κ3) is 1.49. The number of carbonyl (C=O) groups excluding carboxylic acids is 1. The van der Waals surface area contributed by atoms with Crippen molar-refractivity contribution in [3.05, 3.63) is 0 Å². The van der Waals surface area contributed by atoms with E-state index in [1.807, 2.05) is 0 Å². The van der Waals surface area contributed by atoms with Crippen LogP contribution in [0.4, 0.5) is 0 Å². The molecule has 0 aromatic carbocycles. The summed E-state index contributed by atoms with van der Waals surface area (Å²) in [5, 5.41) is 11.7. The van der Waals surface area contributed by atoms with E-state index in [-0.39, 0.29) is 17.9 Å². The Bertz CT molecular complexity index is 277. The van der Waals surface area contributed by atoms with E-state index in [0.717, 1.165) is 19.3 Å². The van der Waals surface area contributed by atoms with Crippen LogP contribution in [0.5, 0.6) is 0 Å². The van der Waals surface area contributed by atoms with Gasteiger partial charge in [0.05, 0.1) is 5.92 Å². The minimum absolute atomic E-state index is 0.00720. The molecule has 4 heteroatoms. The molecule has 0 saturated heterocycles. The van der Waals surface area contributed by atoms with Crippen molar-refractivity contribution < 1.29 is 14.7 Å². The second-order valence-corrected chi connectivity index (χ2v) is 4.47. The lowest BCUT2D eigenvalue weighted by molar-refractivity contribution is -0.141. The fourth-order valence-corrected chi connectivity index (χ4v) is 2.86. The summed E-state index contributed by atoms with van der Waals surface area (Å²) in [6.45, 7) is 1.51. The summed E-state index contributed by atoms with van der Waals surface area (Å²) in [6.07, 6.45) is 2.51. The highest BCUT2D eigenvalue weighted by molar-refractivity contribution is 5.73. The van der Waals surface area contributed by atoms with Gasteiger partial charge in [-0.3, -0.25) is 9.59 Å². The predicted octanol–water partition coefficient (Wildman–Crippen LogP) is 0.622. The first-order valence-electron chi connectivity index (χ1n) is 5.08. The minimum Gasteiger partial charge on any atom is -0.481 e. The molecule has 0 aromatic heterocycles. The molecular weight excluding hydrogens is 182 g/mol.